The van der Waals surface area contributed by atoms with Gasteiger partial charge in [0.15, 0.2) is 5.82 Å². The number of hydrogen-bond acceptors (Lipinski definition) is 7. The van der Waals surface area contributed by atoms with Crippen LogP contribution in [-0.4, -0.2) is 37.7 Å². The number of halogens is 1. The molecule has 0 unspecified atom stereocenters. The summed E-state index contributed by atoms with van der Waals surface area (Å²) >= 11 is 0. The lowest BCUT2D eigenvalue weighted by atomic mass is 10.2. The highest BCUT2D eigenvalue weighted by Crippen LogP contribution is 2.25. The highest BCUT2D eigenvalue weighted by atomic mass is 19.1. The molecule has 0 aliphatic carbocycles. The molecule has 3 heterocycles. The summed E-state index contributed by atoms with van der Waals surface area (Å²) in [6, 6.07) is 12.4. The van der Waals surface area contributed by atoms with Crippen LogP contribution in [0.4, 0.5) is 10.2 Å². The van der Waals surface area contributed by atoms with Gasteiger partial charge in [0.05, 0.1) is 18.9 Å². The van der Waals surface area contributed by atoms with Crippen molar-refractivity contribution in [1.29, 1.82) is 0 Å². The first kappa shape index (κ1) is 21.9. The molecule has 0 saturated carbocycles. The van der Waals surface area contributed by atoms with E-state index in [4.69, 9.17) is 9.47 Å². The second-order valence-corrected chi connectivity index (χ2v) is 7.30. The van der Waals surface area contributed by atoms with Crippen LogP contribution in [-0.2, 0) is 0 Å². The molecule has 0 atom stereocenters. The standard InChI is InChI=1S/C23H21FN6O3/c1-14(2)30-13-26-29-22(30)19-5-4-6-20(27-19)28-23(31)17-11-15(7-9-18(17)24)33-21-10-8-16(32-3)12-25-21/h4-14H,1-3H3,(H,27,28,31). The van der Waals surface area contributed by atoms with Crippen LogP contribution in [0.1, 0.15) is 30.2 Å². The van der Waals surface area contributed by atoms with E-state index in [1.807, 2.05) is 18.4 Å². The van der Waals surface area contributed by atoms with Crippen molar-refractivity contribution in [3.63, 3.8) is 0 Å². The summed E-state index contributed by atoms with van der Waals surface area (Å²) in [5.41, 5.74) is 0.334. The fourth-order valence-electron chi connectivity index (χ4n) is 3.03. The van der Waals surface area contributed by atoms with Crippen LogP contribution in [0.5, 0.6) is 17.4 Å². The number of ether oxygens (including phenoxy) is 2. The summed E-state index contributed by atoms with van der Waals surface area (Å²) in [6.07, 6.45) is 3.11. The molecule has 0 saturated heterocycles. The van der Waals surface area contributed by atoms with E-state index in [2.05, 4.69) is 25.5 Å². The number of pyridine rings is 2. The summed E-state index contributed by atoms with van der Waals surface area (Å²) < 4.78 is 27.0. The van der Waals surface area contributed by atoms with Gasteiger partial charge < -0.3 is 19.4 Å². The molecule has 0 spiro atoms. The predicted octanol–water partition coefficient (Wildman–Crippen LogP) is 4.51. The molecule has 4 rings (SSSR count). The maximum Gasteiger partial charge on any atom is 0.259 e. The summed E-state index contributed by atoms with van der Waals surface area (Å²) in [4.78, 5) is 21.3. The van der Waals surface area contributed by atoms with E-state index in [1.165, 1.54) is 25.4 Å². The fourth-order valence-corrected chi connectivity index (χ4v) is 3.03. The zero-order valence-corrected chi connectivity index (χ0v) is 18.2. The van der Waals surface area contributed by atoms with Crippen molar-refractivity contribution in [3.8, 4) is 28.9 Å². The van der Waals surface area contributed by atoms with Gasteiger partial charge in [0.1, 0.15) is 35.2 Å². The molecular formula is C23H21FN6O3. The third-order valence-electron chi connectivity index (χ3n) is 4.70. The summed E-state index contributed by atoms with van der Waals surface area (Å²) in [7, 11) is 1.53. The number of methoxy groups -OCH3 is 1. The summed E-state index contributed by atoms with van der Waals surface area (Å²) in [5, 5.41) is 10.7. The van der Waals surface area contributed by atoms with Crippen molar-refractivity contribution in [3.05, 3.63) is 72.4 Å². The van der Waals surface area contributed by atoms with Crippen molar-refractivity contribution in [2.24, 2.45) is 0 Å². The Bertz CT molecular complexity index is 1270. The molecule has 0 aliphatic rings. The fraction of sp³-hybridized carbons (Fsp3) is 0.174. The van der Waals surface area contributed by atoms with Crippen LogP contribution in [0.3, 0.4) is 0 Å². The molecule has 0 aliphatic heterocycles. The Hall–Kier alpha value is -4.34. The van der Waals surface area contributed by atoms with Crippen LogP contribution < -0.4 is 14.8 Å². The average molecular weight is 448 g/mol. The van der Waals surface area contributed by atoms with E-state index in [0.717, 1.165) is 6.07 Å². The maximum atomic E-state index is 14.4. The highest BCUT2D eigenvalue weighted by Gasteiger charge is 2.16. The molecule has 4 aromatic rings. The summed E-state index contributed by atoms with van der Waals surface area (Å²) in [6.45, 7) is 4.00. The van der Waals surface area contributed by atoms with Gasteiger partial charge in [-0.15, -0.1) is 10.2 Å². The van der Waals surface area contributed by atoms with Gasteiger partial charge in [-0.05, 0) is 50.2 Å². The van der Waals surface area contributed by atoms with E-state index in [-0.39, 0.29) is 29.1 Å². The number of amides is 1. The Kier molecular flexibility index (Phi) is 6.25. The molecule has 0 fully saturated rings. The highest BCUT2D eigenvalue weighted by molar-refractivity contribution is 6.04. The van der Waals surface area contributed by atoms with Crippen LogP contribution in [0.25, 0.3) is 11.5 Å². The number of nitrogens with zero attached hydrogens (tertiary/aromatic N) is 5. The molecule has 1 aromatic carbocycles. The minimum atomic E-state index is -0.696. The van der Waals surface area contributed by atoms with Gasteiger partial charge in [0.25, 0.3) is 5.91 Å². The Balaban J connectivity index is 1.53. The number of anilines is 1. The SMILES string of the molecule is COc1ccc(Oc2ccc(F)c(C(=O)Nc3cccc(-c4nncn4C(C)C)n3)c2)nc1. The van der Waals surface area contributed by atoms with Crippen molar-refractivity contribution < 1.29 is 18.7 Å². The van der Waals surface area contributed by atoms with Gasteiger partial charge in [-0.2, -0.15) is 0 Å². The molecule has 168 valence electrons. The zero-order chi connectivity index (χ0) is 23.4. The number of nitrogens with one attached hydrogen (secondary N) is 1. The quantitative estimate of drug-likeness (QED) is 0.444. The van der Waals surface area contributed by atoms with Crippen LogP contribution >= 0.6 is 0 Å². The molecule has 1 N–H and O–H groups in total. The molecule has 9 nitrogen and oxygen atoms in total. The van der Waals surface area contributed by atoms with Gasteiger partial charge in [-0.25, -0.2) is 14.4 Å². The molecule has 0 bridgehead atoms. The summed E-state index contributed by atoms with van der Waals surface area (Å²) in [5.74, 6) is 0.549. The van der Waals surface area contributed by atoms with Gasteiger partial charge in [-0.1, -0.05) is 6.07 Å². The van der Waals surface area contributed by atoms with Crippen LogP contribution in [0, 0.1) is 5.82 Å². The monoisotopic (exact) mass is 448 g/mol. The van der Waals surface area contributed by atoms with E-state index >= 15 is 0 Å². The number of benzene rings is 1. The van der Waals surface area contributed by atoms with E-state index in [1.54, 1.807) is 36.7 Å². The predicted molar refractivity (Wildman–Crippen MR) is 119 cm³/mol. The second kappa shape index (κ2) is 9.43. The van der Waals surface area contributed by atoms with Crippen LogP contribution in [0.15, 0.2) is 61.1 Å². The lowest BCUT2D eigenvalue weighted by Gasteiger charge is -2.11. The van der Waals surface area contributed by atoms with Crippen LogP contribution in [0.2, 0.25) is 0 Å². The van der Waals surface area contributed by atoms with Gasteiger partial charge >= 0.3 is 0 Å². The van der Waals surface area contributed by atoms with E-state index in [0.29, 0.717) is 17.3 Å². The first-order chi connectivity index (χ1) is 15.9. The second-order valence-electron chi connectivity index (χ2n) is 7.30. The van der Waals surface area contributed by atoms with Gasteiger partial charge in [0, 0.05) is 12.1 Å². The molecule has 10 heteroatoms. The number of carbonyl (C=O) groups is 1. The largest absolute Gasteiger partial charge is 0.495 e. The molecule has 0 radical (unpaired) electrons. The van der Waals surface area contributed by atoms with Gasteiger partial charge in [-0.3, -0.25) is 4.79 Å². The Morgan fingerprint density at radius 2 is 1.94 bits per heavy atom. The minimum Gasteiger partial charge on any atom is -0.495 e. The first-order valence-corrected chi connectivity index (χ1v) is 10.1. The molecular weight excluding hydrogens is 427 g/mol. The molecule has 3 aromatic heterocycles. The van der Waals surface area contributed by atoms with Crippen molar-refractivity contribution >= 4 is 11.7 Å². The Labute approximate surface area is 189 Å². The zero-order valence-electron chi connectivity index (χ0n) is 18.2. The van der Waals surface area contributed by atoms with Crippen molar-refractivity contribution in [1.82, 2.24) is 24.7 Å². The maximum absolute atomic E-state index is 14.4. The minimum absolute atomic E-state index is 0.132. The topological polar surface area (TPSA) is 104 Å². The third-order valence-corrected chi connectivity index (χ3v) is 4.70. The lowest BCUT2D eigenvalue weighted by Crippen LogP contribution is -2.15. The molecule has 33 heavy (non-hydrogen) atoms. The number of hydrogen-bond donors (Lipinski definition) is 1. The van der Waals surface area contributed by atoms with Gasteiger partial charge in [0.2, 0.25) is 5.88 Å². The number of carbonyl (C=O) groups excluding carboxylic acids is 1. The smallest absolute Gasteiger partial charge is 0.259 e. The van der Waals surface area contributed by atoms with E-state index < -0.39 is 11.7 Å². The number of aromatic nitrogens is 5. The third kappa shape index (κ3) is 4.95. The average Bonchev–Trinajstić information content (AvgIpc) is 3.31. The van der Waals surface area contributed by atoms with E-state index in [9.17, 15) is 9.18 Å². The van der Waals surface area contributed by atoms with Crippen molar-refractivity contribution in [2.45, 2.75) is 19.9 Å². The first-order valence-electron chi connectivity index (χ1n) is 10.1. The normalized spacial score (nSPS) is 10.8. The lowest BCUT2D eigenvalue weighted by molar-refractivity contribution is 0.102. The Morgan fingerprint density at radius 1 is 1.12 bits per heavy atom. The molecule has 1 amide bonds. The van der Waals surface area contributed by atoms with Crippen molar-refractivity contribution in [2.75, 3.05) is 12.4 Å². The Morgan fingerprint density at radius 3 is 2.67 bits per heavy atom. The number of rotatable bonds is 7.